The molecule has 0 fully saturated rings. The van der Waals surface area contributed by atoms with Crippen LogP contribution < -0.4 is 10.5 Å². The van der Waals surface area contributed by atoms with E-state index in [9.17, 15) is 4.79 Å². The Labute approximate surface area is 136 Å². The molecule has 2 rings (SSSR count). The van der Waals surface area contributed by atoms with E-state index in [1.165, 1.54) is 4.68 Å². The first kappa shape index (κ1) is 16.9. The first-order valence-electron chi connectivity index (χ1n) is 7.52. The molecule has 0 radical (unpaired) electrons. The summed E-state index contributed by atoms with van der Waals surface area (Å²) in [5.41, 5.74) is 7.97. The fourth-order valence-corrected chi connectivity index (χ4v) is 2.30. The zero-order chi connectivity index (χ0) is 17.2. The Bertz CT molecular complexity index is 714. The maximum Gasteiger partial charge on any atom is 0.435 e. The van der Waals surface area contributed by atoms with Crippen molar-refractivity contribution in [2.45, 2.75) is 39.7 Å². The maximum atomic E-state index is 12.4. The summed E-state index contributed by atoms with van der Waals surface area (Å²) >= 11 is 0. The zero-order valence-corrected chi connectivity index (χ0v) is 14.2. The molecule has 0 amide bonds. The summed E-state index contributed by atoms with van der Waals surface area (Å²) in [5.74, 6) is 0.649. The van der Waals surface area contributed by atoms with Crippen molar-refractivity contribution in [2.75, 3.05) is 12.8 Å². The van der Waals surface area contributed by atoms with Gasteiger partial charge in [0.1, 0.15) is 17.0 Å². The second-order valence-electron chi connectivity index (χ2n) is 6.15. The van der Waals surface area contributed by atoms with Crippen LogP contribution in [0.15, 0.2) is 24.3 Å². The quantitative estimate of drug-likeness (QED) is 0.937. The van der Waals surface area contributed by atoms with Crippen molar-refractivity contribution in [3.05, 3.63) is 30.0 Å². The van der Waals surface area contributed by atoms with Crippen LogP contribution in [0, 0.1) is 0 Å². The number of carbonyl (C=O) groups is 1. The third-order valence-electron chi connectivity index (χ3n) is 3.29. The Morgan fingerprint density at radius 1 is 1.30 bits per heavy atom. The monoisotopic (exact) mass is 317 g/mol. The Morgan fingerprint density at radius 3 is 2.52 bits per heavy atom. The average Bonchev–Trinajstić information content (AvgIpc) is 2.82. The third-order valence-corrected chi connectivity index (χ3v) is 3.29. The summed E-state index contributed by atoms with van der Waals surface area (Å²) in [6, 6.07) is 7.42. The van der Waals surface area contributed by atoms with E-state index in [-0.39, 0.29) is 0 Å². The predicted octanol–water partition coefficient (Wildman–Crippen LogP) is 3.49. The minimum Gasteiger partial charge on any atom is -0.496 e. The SMILES string of the molecule is CCc1c(N)c(-c2ccccc2OC)nn1C(=O)OC(C)(C)C. The first-order valence-corrected chi connectivity index (χ1v) is 7.52. The van der Waals surface area contributed by atoms with Crippen LogP contribution in [-0.2, 0) is 11.2 Å². The highest BCUT2D eigenvalue weighted by Gasteiger charge is 2.25. The maximum absolute atomic E-state index is 12.4. The van der Waals surface area contributed by atoms with Gasteiger partial charge in [0, 0.05) is 5.56 Å². The lowest BCUT2D eigenvalue weighted by molar-refractivity contribution is 0.0510. The number of nitrogens with zero attached hydrogens (tertiary/aromatic N) is 2. The van der Waals surface area contributed by atoms with Crippen LogP contribution in [0.4, 0.5) is 10.5 Å². The fraction of sp³-hybridized carbons (Fsp3) is 0.412. The number of hydrogen-bond donors (Lipinski definition) is 1. The van der Waals surface area contributed by atoms with E-state index in [2.05, 4.69) is 5.10 Å². The van der Waals surface area contributed by atoms with Crippen molar-refractivity contribution in [2.24, 2.45) is 0 Å². The van der Waals surface area contributed by atoms with Gasteiger partial charge in [0.25, 0.3) is 0 Å². The lowest BCUT2D eigenvalue weighted by Crippen LogP contribution is -2.28. The van der Waals surface area contributed by atoms with Gasteiger partial charge in [-0.3, -0.25) is 0 Å². The second kappa shape index (κ2) is 6.32. The smallest absolute Gasteiger partial charge is 0.435 e. The number of ether oxygens (including phenoxy) is 2. The number of methoxy groups -OCH3 is 1. The number of rotatable bonds is 3. The number of anilines is 1. The molecule has 6 nitrogen and oxygen atoms in total. The largest absolute Gasteiger partial charge is 0.496 e. The molecule has 0 bridgehead atoms. The van der Waals surface area contributed by atoms with Crippen LogP contribution in [0.5, 0.6) is 5.75 Å². The molecule has 124 valence electrons. The van der Waals surface area contributed by atoms with Crippen molar-refractivity contribution in [3.63, 3.8) is 0 Å². The van der Waals surface area contributed by atoms with Gasteiger partial charge < -0.3 is 15.2 Å². The van der Waals surface area contributed by atoms with E-state index < -0.39 is 11.7 Å². The third kappa shape index (κ3) is 3.47. The van der Waals surface area contributed by atoms with Crippen molar-refractivity contribution in [1.29, 1.82) is 0 Å². The van der Waals surface area contributed by atoms with Crippen LogP contribution in [0.25, 0.3) is 11.3 Å². The van der Waals surface area contributed by atoms with E-state index in [0.717, 1.165) is 5.56 Å². The molecule has 0 saturated carbocycles. The predicted molar refractivity (Wildman–Crippen MR) is 89.6 cm³/mol. The van der Waals surface area contributed by atoms with Gasteiger partial charge in [0.15, 0.2) is 0 Å². The van der Waals surface area contributed by atoms with Gasteiger partial charge in [0.05, 0.1) is 18.5 Å². The van der Waals surface area contributed by atoms with Crippen molar-refractivity contribution in [3.8, 4) is 17.0 Å². The number of nitrogens with two attached hydrogens (primary N) is 1. The summed E-state index contributed by atoms with van der Waals surface area (Å²) in [7, 11) is 1.58. The second-order valence-corrected chi connectivity index (χ2v) is 6.15. The Hall–Kier alpha value is -2.50. The zero-order valence-electron chi connectivity index (χ0n) is 14.2. The van der Waals surface area contributed by atoms with Gasteiger partial charge in [-0.25, -0.2) is 4.79 Å². The molecule has 1 heterocycles. The molecule has 0 aliphatic carbocycles. The van der Waals surface area contributed by atoms with Gasteiger partial charge in [-0.1, -0.05) is 19.1 Å². The first-order chi connectivity index (χ1) is 10.8. The van der Waals surface area contributed by atoms with E-state index in [4.69, 9.17) is 15.2 Å². The van der Waals surface area contributed by atoms with Crippen molar-refractivity contribution in [1.82, 2.24) is 9.78 Å². The lowest BCUT2D eigenvalue weighted by atomic mass is 10.1. The van der Waals surface area contributed by atoms with E-state index in [0.29, 0.717) is 29.2 Å². The van der Waals surface area contributed by atoms with Gasteiger partial charge in [-0.2, -0.15) is 9.78 Å². The van der Waals surface area contributed by atoms with Crippen LogP contribution in [0.2, 0.25) is 0 Å². The highest BCUT2D eigenvalue weighted by Crippen LogP contribution is 2.34. The number of benzene rings is 1. The van der Waals surface area contributed by atoms with Crippen molar-refractivity contribution >= 4 is 11.8 Å². The molecule has 1 aromatic carbocycles. The van der Waals surface area contributed by atoms with Crippen LogP contribution in [0.3, 0.4) is 0 Å². The molecular formula is C17H23N3O3. The summed E-state index contributed by atoms with van der Waals surface area (Å²) in [5, 5.41) is 4.38. The number of nitrogen functional groups attached to an aromatic ring is 1. The van der Waals surface area contributed by atoms with E-state index in [1.807, 2.05) is 52.0 Å². The van der Waals surface area contributed by atoms with Gasteiger partial charge in [0.2, 0.25) is 0 Å². The lowest BCUT2D eigenvalue weighted by Gasteiger charge is -2.19. The Kier molecular flexibility index (Phi) is 4.63. The molecular weight excluding hydrogens is 294 g/mol. The molecule has 0 aliphatic heterocycles. The molecule has 2 N–H and O–H groups in total. The fourth-order valence-electron chi connectivity index (χ4n) is 2.30. The molecule has 23 heavy (non-hydrogen) atoms. The molecule has 0 aliphatic rings. The Morgan fingerprint density at radius 2 is 1.96 bits per heavy atom. The topological polar surface area (TPSA) is 79.4 Å². The molecule has 0 spiro atoms. The Balaban J connectivity index is 2.54. The summed E-state index contributed by atoms with van der Waals surface area (Å²) in [4.78, 5) is 12.4. The van der Waals surface area contributed by atoms with Gasteiger partial charge in [-0.15, -0.1) is 0 Å². The minimum atomic E-state index is -0.604. The number of carbonyl (C=O) groups excluding carboxylic acids is 1. The van der Waals surface area contributed by atoms with Gasteiger partial charge >= 0.3 is 6.09 Å². The molecule has 2 aromatic rings. The van der Waals surface area contributed by atoms with Crippen molar-refractivity contribution < 1.29 is 14.3 Å². The van der Waals surface area contributed by atoms with E-state index >= 15 is 0 Å². The molecule has 0 unspecified atom stereocenters. The molecule has 0 atom stereocenters. The molecule has 6 heteroatoms. The highest BCUT2D eigenvalue weighted by atomic mass is 16.6. The normalized spacial score (nSPS) is 11.3. The molecule has 0 saturated heterocycles. The van der Waals surface area contributed by atoms with Crippen LogP contribution in [-0.4, -0.2) is 28.6 Å². The average molecular weight is 317 g/mol. The number of hydrogen-bond acceptors (Lipinski definition) is 5. The minimum absolute atomic E-state index is 0.461. The van der Waals surface area contributed by atoms with Crippen LogP contribution >= 0.6 is 0 Å². The summed E-state index contributed by atoms with van der Waals surface area (Å²) in [6.45, 7) is 7.35. The highest BCUT2D eigenvalue weighted by molar-refractivity contribution is 5.82. The van der Waals surface area contributed by atoms with E-state index in [1.54, 1.807) is 7.11 Å². The van der Waals surface area contributed by atoms with Gasteiger partial charge in [-0.05, 0) is 39.3 Å². The standard InChI is InChI=1S/C17H23N3O3/c1-6-12-14(18)15(11-9-7-8-10-13(11)22-5)19-20(12)16(21)23-17(2,3)4/h7-10H,6,18H2,1-5H3. The molecule has 1 aromatic heterocycles. The number of aromatic nitrogens is 2. The summed E-state index contributed by atoms with van der Waals surface area (Å²) < 4.78 is 12.0. The summed E-state index contributed by atoms with van der Waals surface area (Å²) in [6.07, 6.45) is 0.0231. The van der Waals surface area contributed by atoms with Crippen LogP contribution in [0.1, 0.15) is 33.4 Å². The number of para-hydroxylation sites is 1.